The molecule has 0 aliphatic rings. The van der Waals surface area contributed by atoms with Crippen molar-refractivity contribution in [2.75, 3.05) is 5.32 Å². The van der Waals surface area contributed by atoms with Gasteiger partial charge in [0, 0.05) is 18.2 Å². The second kappa shape index (κ2) is 6.50. The van der Waals surface area contributed by atoms with Gasteiger partial charge in [-0.3, -0.25) is 0 Å². The monoisotopic (exact) mass is 276 g/mol. The first-order valence-corrected chi connectivity index (χ1v) is 6.57. The summed E-state index contributed by atoms with van der Waals surface area (Å²) in [5.41, 5.74) is 7.88. The molecule has 0 aliphatic heterocycles. The standard InChI is InChI=1S/C14H17ClN4/c1-10(16)7-12-13(15)18-9-19-14(12)17-8-11-5-3-2-4-6-11/h2-6,9-10H,7-8,16H2,1H3,(H,17,18,19). The summed E-state index contributed by atoms with van der Waals surface area (Å²) in [6, 6.07) is 10.1. The van der Waals surface area contributed by atoms with Gasteiger partial charge in [0.2, 0.25) is 0 Å². The van der Waals surface area contributed by atoms with Crippen molar-refractivity contribution in [2.45, 2.75) is 25.9 Å². The minimum atomic E-state index is 0.0146. The Morgan fingerprint density at radius 3 is 2.68 bits per heavy atom. The van der Waals surface area contributed by atoms with Crippen LogP contribution in [0.25, 0.3) is 0 Å². The summed E-state index contributed by atoms with van der Waals surface area (Å²) in [7, 11) is 0. The van der Waals surface area contributed by atoms with Crippen LogP contribution in [-0.2, 0) is 13.0 Å². The van der Waals surface area contributed by atoms with Crippen molar-refractivity contribution in [3.05, 3.63) is 52.9 Å². The van der Waals surface area contributed by atoms with Crippen LogP contribution in [0.5, 0.6) is 0 Å². The maximum absolute atomic E-state index is 6.11. The van der Waals surface area contributed by atoms with Crippen LogP contribution < -0.4 is 11.1 Å². The molecule has 0 saturated carbocycles. The second-order valence-corrected chi connectivity index (χ2v) is 4.87. The molecule has 0 spiro atoms. The van der Waals surface area contributed by atoms with Crippen LogP contribution in [0.3, 0.4) is 0 Å². The molecule has 5 heteroatoms. The van der Waals surface area contributed by atoms with Gasteiger partial charge in [0.25, 0.3) is 0 Å². The van der Waals surface area contributed by atoms with Crippen LogP contribution in [0, 0.1) is 0 Å². The van der Waals surface area contributed by atoms with E-state index in [-0.39, 0.29) is 6.04 Å². The van der Waals surface area contributed by atoms with Crippen LogP contribution in [-0.4, -0.2) is 16.0 Å². The van der Waals surface area contributed by atoms with E-state index in [0.717, 1.165) is 11.4 Å². The number of anilines is 1. The van der Waals surface area contributed by atoms with E-state index < -0.39 is 0 Å². The van der Waals surface area contributed by atoms with E-state index in [4.69, 9.17) is 17.3 Å². The molecule has 1 atom stereocenters. The quantitative estimate of drug-likeness (QED) is 0.824. The first kappa shape index (κ1) is 13.8. The third kappa shape index (κ3) is 3.91. The van der Waals surface area contributed by atoms with Crippen LogP contribution >= 0.6 is 11.6 Å². The van der Waals surface area contributed by atoms with Gasteiger partial charge in [-0.1, -0.05) is 41.9 Å². The van der Waals surface area contributed by atoms with Crippen LogP contribution in [0.15, 0.2) is 36.7 Å². The fraction of sp³-hybridized carbons (Fsp3) is 0.286. The topological polar surface area (TPSA) is 63.8 Å². The fourth-order valence-electron chi connectivity index (χ4n) is 1.83. The van der Waals surface area contributed by atoms with Crippen molar-refractivity contribution in [2.24, 2.45) is 5.73 Å². The minimum Gasteiger partial charge on any atom is -0.366 e. The first-order chi connectivity index (χ1) is 9.16. The van der Waals surface area contributed by atoms with E-state index in [9.17, 15) is 0 Å². The number of nitrogens with one attached hydrogen (secondary N) is 1. The third-order valence-corrected chi connectivity index (χ3v) is 3.05. The molecular weight excluding hydrogens is 260 g/mol. The van der Waals surface area contributed by atoms with Gasteiger partial charge in [-0.15, -0.1) is 0 Å². The van der Waals surface area contributed by atoms with Gasteiger partial charge in [0.05, 0.1) is 0 Å². The highest BCUT2D eigenvalue weighted by atomic mass is 35.5. The van der Waals surface area contributed by atoms with Crippen molar-refractivity contribution in [3.8, 4) is 0 Å². The molecule has 0 fully saturated rings. The average molecular weight is 277 g/mol. The largest absolute Gasteiger partial charge is 0.366 e. The summed E-state index contributed by atoms with van der Waals surface area (Å²) in [6.07, 6.45) is 2.11. The second-order valence-electron chi connectivity index (χ2n) is 4.51. The smallest absolute Gasteiger partial charge is 0.137 e. The zero-order chi connectivity index (χ0) is 13.7. The molecule has 0 aliphatic carbocycles. The highest BCUT2D eigenvalue weighted by Gasteiger charge is 2.11. The molecule has 0 radical (unpaired) electrons. The number of hydrogen-bond acceptors (Lipinski definition) is 4. The molecule has 0 bridgehead atoms. The van der Waals surface area contributed by atoms with Crippen molar-refractivity contribution < 1.29 is 0 Å². The molecule has 1 aromatic carbocycles. The van der Waals surface area contributed by atoms with Crippen LogP contribution in [0.2, 0.25) is 5.15 Å². The van der Waals surface area contributed by atoms with E-state index in [0.29, 0.717) is 18.1 Å². The van der Waals surface area contributed by atoms with Crippen molar-refractivity contribution in [1.29, 1.82) is 0 Å². The lowest BCUT2D eigenvalue weighted by Gasteiger charge is -2.13. The Kier molecular flexibility index (Phi) is 4.71. The van der Waals surface area contributed by atoms with E-state index in [1.807, 2.05) is 25.1 Å². The molecule has 4 nitrogen and oxygen atoms in total. The zero-order valence-corrected chi connectivity index (χ0v) is 11.6. The number of hydrogen-bond donors (Lipinski definition) is 2. The Hall–Kier alpha value is -1.65. The van der Waals surface area contributed by atoms with E-state index >= 15 is 0 Å². The minimum absolute atomic E-state index is 0.0146. The van der Waals surface area contributed by atoms with Crippen LogP contribution in [0.4, 0.5) is 5.82 Å². The maximum Gasteiger partial charge on any atom is 0.137 e. The maximum atomic E-state index is 6.11. The van der Waals surface area contributed by atoms with Crippen LogP contribution in [0.1, 0.15) is 18.1 Å². The molecule has 100 valence electrons. The lowest BCUT2D eigenvalue weighted by molar-refractivity contribution is 0.733. The predicted molar refractivity (Wildman–Crippen MR) is 78.2 cm³/mol. The van der Waals surface area contributed by atoms with E-state index in [1.54, 1.807) is 0 Å². The third-order valence-electron chi connectivity index (χ3n) is 2.72. The summed E-state index contributed by atoms with van der Waals surface area (Å²) >= 11 is 6.11. The Balaban J connectivity index is 2.13. The number of halogens is 1. The van der Waals surface area contributed by atoms with E-state index in [1.165, 1.54) is 11.9 Å². The molecule has 1 unspecified atom stereocenters. The van der Waals surface area contributed by atoms with Crippen molar-refractivity contribution >= 4 is 17.4 Å². The molecule has 0 saturated heterocycles. The molecule has 19 heavy (non-hydrogen) atoms. The molecule has 3 N–H and O–H groups in total. The van der Waals surface area contributed by atoms with Gasteiger partial charge in [-0.05, 0) is 18.9 Å². The van der Waals surface area contributed by atoms with Crippen molar-refractivity contribution in [1.82, 2.24) is 9.97 Å². The van der Waals surface area contributed by atoms with Gasteiger partial charge in [0.1, 0.15) is 17.3 Å². The van der Waals surface area contributed by atoms with Gasteiger partial charge >= 0.3 is 0 Å². The van der Waals surface area contributed by atoms with Gasteiger partial charge in [-0.2, -0.15) is 0 Å². The summed E-state index contributed by atoms with van der Waals surface area (Å²) in [4.78, 5) is 8.25. The lowest BCUT2D eigenvalue weighted by Crippen LogP contribution is -2.19. The SMILES string of the molecule is CC(N)Cc1c(Cl)ncnc1NCc1ccccc1. The summed E-state index contributed by atoms with van der Waals surface area (Å²) in [6.45, 7) is 2.63. The average Bonchev–Trinajstić information content (AvgIpc) is 2.40. The Morgan fingerprint density at radius 1 is 1.26 bits per heavy atom. The predicted octanol–water partition coefficient (Wildman–Crippen LogP) is 2.63. The Labute approximate surface area is 118 Å². The number of rotatable bonds is 5. The summed E-state index contributed by atoms with van der Waals surface area (Å²) in [5.74, 6) is 0.751. The van der Waals surface area contributed by atoms with Crippen molar-refractivity contribution in [3.63, 3.8) is 0 Å². The Morgan fingerprint density at radius 2 is 2.00 bits per heavy atom. The van der Waals surface area contributed by atoms with Gasteiger partial charge in [-0.25, -0.2) is 9.97 Å². The Bertz CT molecular complexity index is 528. The highest BCUT2D eigenvalue weighted by Crippen LogP contribution is 2.21. The molecule has 1 heterocycles. The summed E-state index contributed by atoms with van der Waals surface area (Å²) in [5, 5.41) is 3.75. The van der Waals surface area contributed by atoms with Gasteiger partial charge in [0.15, 0.2) is 0 Å². The number of aromatic nitrogens is 2. The normalized spacial score (nSPS) is 12.2. The number of nitrogens with two attached hydrogens (primary N) is 1. The fourth-order valence-corrected chi connectivity index (χ4v) is 2.04. The lowest BCUT2D eigenvalue weighted by atomic mass is 10.1. The van der Waals surface area contributed by atoms with Gasteiger partial charge < -0.3 is 11.1 Å². The number of benzene rings is 1. The molecule has 2 aromatic rings. The number of nitrogens with zero attached hydrogens (tertiary/aromatic N) is 2. The van der Waals surface area contributed by atoms with E-state index in [2.05, 4.69) is 27.4 Å². The summed E-state index contributed by atoms with van der Waals surface area (Å²) < 4.78 is 0. The highest BCUT2D eigenvalue weighted by molar-refractivity contribution is 6.30. The molecule has 0 amide bonds. The zero-order valence-electron chi connectivity index (χ0n) is 10.8. The molecular formula is C14H17ClN4. The molecule has 2 rings (SSSR count). The molecule has 1 aromatic heterocycles. The first-order valence-electron chi connectivity index (χ1n) is 6.19.